The van der Waals surface area contributed by atoms with E-state index < -0.39 is 0 Å². The highest BCUT2D eigenvalue weighted by atomic mass is 35.5. The van der Waals surface area contributed by atoms with E-state index in [0.717, 1.165) is 23.4 Å². The molecule has 1 aromatic heterocycles. The number of aliphatic hydroxyl groups is 1. The van der Waals surface area contributed by atoms with Crippen molar-refractivity contribution in [2.24, 2.45) is 0 Å². The van der Waals surface area contributed by atoms with Crippen LogP contribution in [0.1, 0.15) is 18.1 Å². The van der Waals surface area contributed by atoms with Crippen molar-refractivity contribution in [1.29, 1.82) is 0 Å². The molecule has 0 aliphatic rings. The molecule has 1 heterocycles. The second-order valence-corrected chi connectivity index (χ2v) is 6.61. The van der Waals surface area contributed by atoms with E-state index in [4.69, 9.17) is 16.7 Å². The standard InChI is InChI=1S/C20H22ClN3O/c1-15(25)11-22-12-18-14-24(13-16-5-3-2-4-6-16)23-20(18)17-7-9-19(21)10-8-17/h2-10,14-15,22,25H,11-13H2,1H3/t15-/m0/s1. The van der Waals surface area contributed by atoms with Gasteiger partial charge in [0.15, 0.2) is 0 Å². The van der Waals surface area contributed by atoms with Crippen LogP contribution in [0.4, 0.5) is 0 Å². The van der Waals surface area contributed by atoms with E-state index in [1.807, 2.05) is 47.1 Å². The Hall–Kier alpha value is -2.14. The zero-order valence-electron chi connectivity index (χ0n) is 14.2. The highest BCUT2D eigenvalue weighted by Gasteiger charge is 2.12. The molecule has 0 aliphatic heterocycles. The third kappa shape index (κ3) is 4.92. The summed E-state index contributed by atoms with van der Waals surface area (Å²) in [7, 11) is 0. The summed E-state index contributed by atoms with van der Waals surface area (Å²) in [6, 6.07) is 18.0. The fourth-order valence-corrected chi connectivity index (χ4v) is 2.84. The van der Waals surface area contributed by atoms with Gasteiger partial charge in [-0.25, -0.2) is 0 Å². The smallest absolute Gasteiger partial charge is 0.0968 e. The fraction of sp³-hybridized carbons (Fsp3) is 0.250. The predicted octanol–water partition coefficient (Wildman–Crippen LogP) is 3.72. The maximum absolute atomic E-state index is 9.45. The second-order valence-electron chi connectivity index (χ2n) is 6.17. The van der Waals surface area contributed by atoms with Crippen LogP contribution in [0.15, 0.2) is 60.8 Å². The first-order valence-electron chi connectivity index (χ1n) is 8.37. The molecule has 4 nitrogen and oxygen atoms in total. The number of nitrogens with one attached hydrogen (secondary N) is 1. The molecule has 0 bridgehead atoms. The molecule has 25 heavy (non-hydrogen) atoms. The van der Waals surface area contributed by atoms with Crippen LogP contribution >= 0.6 is 11.6 Å². The van der Waals surface area contributed by atoms with Crippen molar-refractivity contribution in [2.45, 2.75) is 26.1 Å². The average Bonchev–Trinajstić information content (AvgIpc) is 2.99. The Morgan fingerprint density at radius 1 is 1.12 bits per heavy atom. The number of halogens is 1. The van der Waals surface area contributed by atoms with E-state index in [2.05, 4.69) is 23.6 Å². The minimum atomic E-state index is -0.377. The van der Waals surface area contributed by atoms with Crippen LogP contribution in [0.2, 0.25) is 5.02 Å². The van der Waals surface area contributed by atoms with Crippen molar-refractivity contribution >= 4 is 11.6 Å². The zero-order valence-corrected chi connectivity index (χ0v) is 14.9. The SMILES string of the molecule is C[C@H](O)CNCc1cn(Cc2ccccc2)nc1-c1ccc(Cl)cc1. The number of nitrogens with zero attached hydrogens (tertiary/aromatic N) is 2. The summed E-state index contributed by atoms with van der Waals surface area (Å²) in [5.74, 6) is 0. The molecule has 0 amide bonds. The number of benzene rings is 2. The number of aliphatic hydroxyl groups excluding tert-OH is 1. The molecule has 0 saturated heterocycles. The lowest BCUT2D eigenvalue weighted by molar-refractivity contribution is 0.191. The molecule has 2 N–H and O–H groups in total. The van der Waals surface area contributed by atoms with Gasteiger partial charge in [0.1, 0.15) is 0 Å². The van der Waals surface area contributed by atoms with Crippen molar-refractivity contribution in [3.63, 3.8) is 0 Å². The summed E-state index contributed by atoms with van der Waals surface area (Å²) in [5, 5.41) is 18.2. The summed E-state index contributed by atoms with van der Waals surface area (Å²) in [6.07, 6.45) is 1.68. The van der Waals surface area contributed by atoms with Crippen LogP contribution < -0.4 is 5.32 Å². The molecular formula is C20H22ClN3O. The Labute approximate surface area is 153 Å². The van der Waals surface area contributed by atoms with Crippen molar-refractivity contribution in [1.82, 2.24) is 15.1 Å². The Bertz CT molecular complexity index is 798. The molecule has 0 spiro atoms. The largest absolute Gasteiger partial charge is 0.392 e. The predicted molar refractivity (Wildman–Crippen MR) is 102 cm³/mol. The first kappa shape index (κ1) is 17.7. The Kier molecular flexibility index (Phi) is 5.87. The summed E-state index contributed by atoms with van der Waals surface area (Å²) in [4.78, 5) is 0. The molecule has 0 radical (unpaired) electrons. The molecule has 0 unspecified atom stereocenters. The number of rotatable bonds is 7. The Morgan fingerprint density at radius 3 is 2.52 bits per heavy atom. The molecule has 130 valence electrons. The highest BCUT2D eigenvalue weighted by molar-refractivity contribution is 6.30. The molecule has 0 aliphatic carbocycles. The third-order valence-corrected chi connectivity index (χ3v) is 4.15. The van der Waals surface area contributed by atoms with Crippen LogP contribution in [-0.4, -0.2) is 27.5 Å². The van der Waals surface area contributed by atoms with E-state index in [1.165, 1.54) is 5.56 Å². The van der Waals surface area contributed by atoms with Gasteiger partial charge in [-0.3, -0.25) is 4.68 Å². The lowest BCUT2D eigenvalue weighted by atomic mass is 10.1. The van der Waals surface area contributed by atoms with Crippen LogP contribution in [-0.2, 0) is 13.1 Å². The Balaban J connectivity index is 1.86. The number of aromatic nitrogens is 2. The topological polar surface area (TPSA) is 50.1 Å². The molecule has 2 aromatic carbocycles. The molecule has 3 rings (SSSR count). The minimum absolute atomic E-state index is 0.377. The van der Waals surface area contributed by atoms with Gasteiger partial charge in [0.05, 0.1) is 18.3 Å². The van der Waals surface area contributed by atoms with Gasteiger partial charge in [-0.05, 0) is 24.6 Å². The van der Waals surface area contributed by atoms with Crippen LogP contribution in [0, 0.1) is 0 Å². The minimum Gasteiger partial charge on any atom is -0.392 e. The highest BCUT2D eigenvalue weighted by Crippen LogP contribution is 2.24. The monoisotopic (exact) mass is 355 g/mol. The van der Waals surface area contributed by atoms with Gasteiger partial charge < -0.3 is 10.4 Å². The van der Waals surface area contributed by atoms with Gasteiger partial charge in [0.25, 0.3) is 0 Å². The van der Waals surface area contributed by atoms with Crippen LogP contribution in [0.25, 0.3) is 11.3 Å². The van der Waals surface area contributed by atoms with Crippen molar-refractivity contribution in [2.75, 3.05) is 6.54 Å². The summed E-state index contributed by atoms with van der Waals surface area (Å²) in [6.45, 7) is 3.69. The summed E-state index contributed by atoms with van der Waals surface area (Å²) < 4.78 is 1.96. The molecule has 3 aromatic rings. The zero-order chi connectivity index (χ0) is 17.6. The first-order valence-corrected chi connectivity index (χ1v) is 8.74. The van der Waals surface area contributed by atoms with Gasteiger partial charge >= 0.3 is 0 Å². The first-order chi connectivity index (χ1) is 12.1. The van der Waals surface area contributed by atoms with E-state index in [1.54, 1.807) is 6.92 Å². The van der Waals surface area contributed by atoms with Crippen molar-refractivity contribution in [3.05, 3.63) is 76.9 Å². The van der Waals surface area contributed by atoms with E-state index >= 15 is 0 Å². The molecule has 5 heteroatoms. The van der Waals surface area contributed by atoms with E-state index in [-0.39, 0.29) is 6.10 Å². The van der Waals surface area contributed by atoms with Crippen molar-refractivity contribution in [3.8, 4) is 11.3 Å². The lowest BCUT2D eigenvalue weighted by Crippen LogP contribution is -2.23. The average molecular weight is 356 g/mol. The van der Waals surface area contributed by atoms with Gasteiger partial charge in [-0.15, -0.1) is 0 Å². The van der Waals surface area contributed by atoms with E-state index in [9.17, 15) is 5.11 Å². The van der Waals surface area contributed by atoms with Gasteiger partial charge in [-0.2, -0.15) is 5.10 Å². The normalized spacial score (nSPS) is 12.3. The van der Waals surface area contributed by atoms with Gasteiger partial charge in [0.2, 0.25) is 0 Å². The fourth-order valence-electron chi connectivity index (χ4n) is 2.71. The Morgan fingerprint density at radius 2 is 1.84 bits per heavy atom. The van der Waals surface area contributed by atoms with Crippen LogP contribution in [0.3, 0.4) is 0 Å². The summed E-state index contributed by atoms with van der Waals surface area (Å²) in [5.41, 5.74) is 4.27. The van der Waals surface area contributed by atoms with Crippen LogP contribution in [0.5, 0.6) is 0 Å². The maximum atomic E-state index is 9.45. The number of hydrogen-bond donors (Lipinski definition) is 2. The summed E-state index contributed by atoms with van der Waals surface area (Å²) >= 11 is 6.00. The second kappa shape index (κ2) is 8.30. The number of hydrogen-bond acceptors (Lipinski definition) is 3. The maximum Gasteiger partial charge on any atom is 0.0968 e. The van der Waals surface area contributed by atoms with E-state index in [0.29, 0.717) is 18.1 Å². The molecule has 1 atom stereocenters. The molecular weight excluding hydrogens is 334 g/mol. The third-order valence-electron chi connectivity index (χ3n) is 3.90. The quantitative estimate of drug-likeness (QED) is 0.679. The lowest BCUT2D eigenvalue weighted by Gasteiger charge is -2.07. The van der Waals surface area contributed by atoms with Gasteiger partial charge in [0, 0.05) is 35.4 Å². The van der Waals surface area contributed by atoms with Crippen molar-refractivity contribution < 1.29 is 5.11 Å². The molecule has 0 saturated carbocycles. The van der Waals surface area contributed by atoms with Gasteiger partial charge in [-0.1, -0.05) is 54.1 Å². The molecule has 0 fully saturated rings.